The first-order chi connectivity index (χ1) is 12.3. The van der Waals surface area contributed by atoms with Crippen LogP contribution in [-0.2, 0) is 0 Å². The van der Waals surface area contributed by atoms with E-state index in [1.54, 1.807) is 24.3 Å². The highest BCUT2D eigenvalue weighted by atomic mass is 35.5. The average molecular weight is 392 g/mol. The molecule has 3 N–H and O–H groups in total. The number of rotatable bonds is 3. The lowest BCUT2D eigenvalue weighted by Gasteiger charge is -2.10. The van der Waals surface area contributed by atoms with Gasteiger partial charge in [0.05, 0.1) is 21.9 Å². The van der Waals surface area contributed by atoms with E-state index in [1.807, 2.05) is 13.8 Å². The van der Waals surface area contributed by atoms with Crippen molar-refractivity contribution in [2.75, 3.05) is 5.32 Å². The zero-order valence-electron chi connectivity index (χ0n) is 13.9. The van der Waals surface area contributed by atoms with Crippen molar-refractivity contribution in [2.24, 2.45) is 0 Å². The molecule has 0 bridgehead atoms. The van der Waals surface area contributed by atoms with Crippen molar-refractivity contribution in [3.05, 3.63) is 40.5 Å². The second-order valence-corrected chi connectivity index (χ2v) is 6.65. The zero-order chi connectivity index (χ0) is 18.8. The summed E-state index contributed by atoms with van der Waals surface area (Å²) in [4.78, 5) is 24.8. The molecule has 2 aromatic heterocycles. The molecule has 0 spiro atoms. The van der Waals surface area contributed by atoms with Crippen LogP contribution >= 0.6 is 23.2 Å². The molecule has 9 heteroatoms. The molecule has 0 aliphatic heterocycles. The van der Waals surface area contributed by atoms with Crippen molar-refractivity contribution in [1.82, 2.24) is 20.3 Å². The largest absolute Gasteiger partial charge is 0.505 e. The third kappa shape index (κ3) is 3.95. The summed E-state index contributed by atoms with van der Waals surface area (Å²) in [5, 5.41) is 15.2. The number of amides is 2. The molecule has 0 saturated carbocycles. The van der Waals surface area contributed by atoms with E-state index in [-0.39, 0.29) is 33.7 Å². The molecule has 0 aliphatic carbocycles. The number of aromatic nitrogens is 3. The van der Waals surface area contributed by atoms with Crippen LogP contribution in [0, 0.1) is 0 Å². The van der Waals surface area contributed by atoms with Crippen molar-refractivity contribution in [2.45, 2.75) is 19.9 Å². The number of halogens is 2. The summed E-state index contributed by atoms with van der Waals surface area (Å²) < 4.78 is 0. The van der Waals surface area contributed by atoms with E-state index in [1.165, 1.54) is 6.20 Å². The van der Waals surface area contributed by atoms with Crippen molar-refractivity contribution < 1.29 is 9.90 Å². The molecule has 1 aromatic carbocycles. The molecule has 0 aliphatic rings. The molecule has 26 heavy (non-hydrogen) atoms. The number of hydrogen-bond donors (Lipinski definition) is 3. The number of phenolic OH excluding ortho intramolecular Hbond substituents is 1. The number of benzene rings is 1. The Morgan fingerprint density at radius 1 is 1.15 bits per heavy atom. The highest BCUT2D eigenvalue weighted by Gasteiger charge is 2.11. The molecule has 3 aromatic rings. The van der Waals surface area contributed by atoms with Gasteiger partial charge in [0.1, 0.15) is 5.52 Å². The zero-order valence-corrected chi connectivity index (χ0v) is 15.4. The molecular weight excluding hydrogens is 377 g/mol. The molecule has 2 heterocycles. The van der Waals surface area contributed by atoms with E-state index in [2.05, 4.69) is 25.6 Å². The first-order valence-electron chi connectivity index (χ1n) is 7.73. The maximum absolute atomic E-state index is 11.8. The molecule has 3 rings (SSSR count). The van der Waals surface area contributed by atoms with Gasteiger partial charge < -0.3 is 10.4 Å². The minimum Gasteiger partial charge on any atom is -0.505 e. The number of nitrogens with one attached hydrogen (secondary N) is 2. The van der Waals surface area contributed by atoms with Gasteiger partial charge in [-0.3, -0.25) is 5.32 Å². The van der Waals surface area contributed by atoms with Crippen LogP contribution in [0.5, 0.6) is 5.75 Å². The molecule has 0 fully saturated rings. The Morgan fingerprint density at radius 3 is 2.50 bits per heavy atom. The Bertz CT molecular complexity index is 971. The van der Waals surface area contributed by atoms with Crippen LogP contribution in [0.3, 0.4) is 0 Å². The van der Waals surface area contributed by atoms with E-state index in [4.69, 9.17) is 23.2 Å². The highest BCUT2D eigenvalue weighted by molar-refractivity contribution is 6.37. The molecular formula is C17H15Cl2N5O2. The number of urea groups is 1. The van der Waals surface area contributed by atoms with Crippen LogP contribution in [0.25, 0.3) is 22.4 Å². The molecule has 0 atom stereocenters. The summed E-state index contributed by atoms with van der Waals surface area (Å²) in [6.45, 7) is 3.71. The van der Waals surface area contributed by atoms with E-state index < -0.39 is 0 Å². The SMILES string of the molecule is CC(C)NC(=O)Nc1cnc2ccc(-c3cc(Cl)c(O)c(Cl)c3)nc2n1. The molecule has 7 nitrogen and oxygen atoms in total. The number of carbonyl (C=O) groups is 1. The minimum atomic E-state index is -0.373. The van der Waals surface area contributed by atoms with Gasteiger partial charge in [-0.2, -0.15) is 0 Å². The molecule has 2 amide bonds. The minimum absolute atomic E-state index is 0.00265. The van der Waals surface area contributed by atoms with Crippen molar-refractivity contribution in [3.8, 4) is 17.0 Å². The summed E-state index contributed by atoms with van der Waals surface area (Å²) in [5.74, 6) is 0.0994. The van der Waals surface area contributed by atoms with Crippen molar-refractivity contribution in [1.29, 1.82) is 0 Å². The Balaban J connectivity index is 1.96. The van der Waals surface area contributed by atoms with Gasteiger partial charge in [-0.15, -0.1) is 0 Å². The van der Waals surface area contributed by atoms with Crippen LogP contribution in [0.15, 0.2) is 30.5 Å². The van der Waals surface area contributed by atoms with Crippen LogP contribution < -0.4 is 10.6 Å². The number of nitrogens with zero attached hydrogens (tertiary/aromatic N) is 3. The Hall–Kier alpha value is -2.64. The summed E-state index contributed by atoms with van der Waals surface area (Å²) in [6.07, 6.45) is 1.46. The third-order valence-corrected chi connectivity index (χ3v) is 3.96. The quantitative estimate of drug-likeness (QED) is 0.619. The first-order valence-corrected chi connectivity index (χ1v) is 8.49. The third-order valence-electron chi connectivity index (χ3n) is 3.38. The second-order valence-electron chi connectivity index (χ2n) is 5.84. The Morgan fingerprint density at radius 2 is 1.85 bits per heavy atom. The molecule has 134 valence electrons. The summed E-state index contributed by atoms with van der Waals surface area (Å²) in [6, 6.07) is 6.23. The predicted octanol–water partition coefficient (Wildman–Crippen LogP) is 4.23. The van der Waals surface area contributed by atoms with E-state index >= 15 is 0 Å². The lowest BCUT2D eigenvalue weighted by Crippen LogP contribution is -2.34. The number of fused-ring (bicyclic) bond motifs is 1. The van der Waals surface area contributed by atoms with E-state index in [9.17, 15) is 9.90 Å². The second kappa shape index (κ2) is 7.31. The topological polar surface area (TPSA) is 100 Å². The first kappa shape index (κ1) is 18.2. The van der Waals surface area contributed by atoms with Gasteiger partial charge in [0.25, 0.3) is 0 Å². The Labute approximate surface area is 159 Å². The van der Waals surface area contributed by atoms with Crippen molar-refractivity contribution >= 4 is 46.2 Å². The van der Waals surface area contributed by atoms with Crippen LogP contribution in [0.4, 0.5) is 10.6 Å². The number of anilines is 1. The standard InChI is InChI=1S/C17H15Cl2N5O2/c1-8(2)21-17(26)24-14-7-20-13-4-3-12(22-16(13)23-14)9-5-10(18)15(25)11(19)6-9/h3-8,25H,1-2H3,(H2,21,22,23,24,26). The highest BCUT2D eigenvalue weighted by Crippen LogP contribution is 2.36. The summed E-state index contributed by atoms with van der Waals surface area (Å²) in [7, 11) is 0. The van der Waals surface area contributed by atoms with Gasteiger partial charge in [0.15, 0.2) is 17.2 Å². The average Bonchev–Trinajstić information content (AvgIpc) is 2.57. The van der Waals surface area contributed by atoms with Crippen molar-refractivity contribution in [3.63, 3.8) is 0 Å². The monoisotopic (exact) mass is 391 g/mol. The Kier molecular flexibility index (Phi) is 5.11. The van der Waals surface area contributed by atoms with Gasteiger partial charge in [-0.25, -0.2) is 19.7 Å². The van der Waals surface area contributed by atoms with Gasteiger partial charge >= 0.3 is 6.03 Å². The predicted molar refractivity (Wildman–Crippen MR) is 102 cm³/mol. The number of hydrogen-bond acceptors (Lipinski definition) is 5. The fourth-order valence-corrected chi connectivity index (χ4v) is 2.73. The van der Waals surface area contributed by atoms with Crippen LogP contribution in [0.2, 0.25) is 10.0 Å². The number of pyridine rings is 1. The molecule has 0 saturated heterocycles. The lowest BCUT2D eigenvalue weighted by molar-refractivity contribution is 0.250. The van der Waals surface area contributed by atoms with Crippen LogP contribution in [-0.4, -0.2) is 32.1 Å². The number of carbonyl (C=O) groups excluding carboxylic acids is 1. The maximum atomic E-state index is 11.8. The summed E-state index contributed by atoms with van der Waals surface area (Å²) in [5.41, 5.74) is 2.10. The molecule has 0 radical (unpaired) electrons. The number of aromatic hydroxyl groups is 1. The van der Waals surface area contributed by atoms with Gasteiger partial charge in [0, 0.05) is 11.6 Å². The smallest absolute Gasteiger partial charge is 0.320 e. The van der Waals surface area contributed by atoms with Gasteiger partial charge in [0.2, 0.25) is 0 Å². The maximum Gasteiger partial charge on any atom is 0.320 e. The van der Waals surface area contributed by atoms with E-state index in [0.29, 0.717) is 22.4 Å². The fourth-order valence-electron chi connectivity index (χ4n) is 2.25. The van der Waals surface area contributed by atoms with Crippen LogP contribution in [0.1, 0.15) is 13.8 Å². The van der Waals surface area contributed by atoms with Gasteiger partial charge in [-0.05, 0) is 38.1 Å². The number of phenols is 1. The normalized spacial score (nSPS) is 11.0. The fraction of sp³-hybridized carbons (Fsp3) is 0.176. The summed E-state index contributed by atoms with van der Waals surface area (Å²) >= 11 is 11.9. The van der Waals surface area contributed by atoms with E-state index in [0.717, 1.165) is 0 Å². The lowest BCUT2D eigenvalue weighted by atomic mass is 10.1. The molecule has 0 unspecified atom stereocenters. The van der Waals surface area contributed by atoms with Gasteiger partial charge in [-0.1, -0.05) is 23.2 Å².